The fraction of sp³-hybridized carbons (Fsp3) is 0.148. The molecule has 2 heterocycles. The van der Waals surface area contributed by atoms with Crippen molar-refractivity contribution >= 4 is 50.6 Å². The lowest BCUT2D eigenvalue weighted by Crippen LogP contribution is -2.19. The number of ether oxygens (including phenoxy) is 1. The molecule has 5 rings (SSSR count). The van der Waals surface area contributed by atoms with Gasteiger partial charge in [0.2, 0.25) is 5.13 Å². The van der Waals surface area contributed by atoms with Gasteiger partial charge in [0.25, 0.3) is 5.56 Å². The molecule has 5 aromatic rings. The van der Waals surface area contributed by atoms with Crippen molar-refractivity contribution in [3.63, 3.8) is 0 Å². The number of para-hydroxylation sites is 1. The van der Waals surface area contributed by atoms with Crippen LogP contribution in [0.3, 0.4) is 0 Å². The number of fused-ring (bicyclic) bond motifs is 1. The minimum Gasteiger partial charge on any atom is -0.497 e. The summed E-state index contributed by atoms with van der Waals surface area (Å²) in [6.45, 7) is 2.46. The van der Waals surface area contributed by atoms with Crippen molar-refractivity contribution in [3.8, 4) is 22.1 Å². The largest absolute Gasteiger partial charge is 0.497 e. The van der Waals surface area contributed by atoms with Crippen molar-refractivity contribution in [3.05, 3.63) is 93.7 Å². The number of methoxy groups -OCH3 is 1. The first-order valence-corrected chi connectivity index (χ1v) is 13.5. The molecule has 0 aliphatic carbocycles. The highest BCUT2D eigenvalue weighted by Crippen LogP contribution is 2.27. The third kappa shape index (κ3) is 5.11. The topological polar surface area (TPSA) is 72.3 Å². The van der Waals surface area contributed by atoms with Crippen LogP contribution in [-0.4, -0.2) is 39.9 Å². The van der Waals surface area contributed by atoms with Crippen molar-refractivity contribution < 1.29 is 4.74 Å². The Morgan fingerprint density at radius 3 is 2.58 bits per heavy atom. The third-order valence-electron chi connectivity index (χ3n) is 5.63. The molecule has 0 saturated heterocycles. The Morgan fingerprint density at radius 2 is 1.86 bits per heavy atom. The van der Waals surface area contributed by atoms with Crippen LogP contribution in [0.25, 0.3) is 26.6 Å². The van der Waals surface area contributed by atoms with E-state index in [0.29, 0.717) is 28.6 Å². The number of nitrogens with zero attached hydrogens (tertiary/aromatic N) is 3. The van der Waals surface area contributed by atoms with Crippen LogP contribution in [-0.2, 0) is 0 Å². The van der Waals surface area contributed by atoms with Crippen molar-refractivity contribution in [2.45, 2.75) is 11.8 Å². The Labute approximate surface area is 221 Å². The summed E-state index contributed by atoms with van der Waals surface area (Å²) in [5, 5.41) is 4.61. The number of aromatic amines is 1. The SMILES string of the molecule is COc1ccc(-c2[nH]n(-c3nc4ccccc4s3)c(=O)c2C(C)=NCCSc2ccc(Cl)cc2)cc1. The molecule has 36 heavy (non-hydrogen) atoms. The van der Waals surface area contributed by atoms with Crippen molar-refractivity contribution in [1.82, 2.24) is 14.8 Å². The van der Waals surface area contributed by atoms with Gasteiger partial charge in [-0.2, -0.15) is 4.68 Å². The first kappa shape index (κ1) is 24.4. The first-order valence-electron chi connectivity index (χ1n) is 11.3. The first-order chi connectivity index (χ1) is 17.5. The summed E-state index contributed by atoms with van der Waals surface area (Å²) in [6.07, 6.45) is 0. The lowest BCUT2D eigenvalue weighted by atomic mass is 10.1. The lowest BCUT2D eigenvalue weighted by Gasteiger charge is -2.05. The van der Waals surface area contributed by atoms with Crippen LogP contribution in [0.2, 0.25) is 5.02 Å². The van der Waals surface area contributed by atoms with Crippen LogP contribution in [0, 0.1) is 0 Å². The highest BCUT2D eigenvalue weighted by molar-refractivity contribution is 7.99. The summed E-state index contributed by atoms with van der Waals surface area (Å²) in [7, 11) is 1.63. The molecule has 0 bridgehead atoms. The Kier molecular flexibility index (Phi) is 7.27. The van der Waals surface area contributed by atoms with Crippen LogP contribution >= 0.6 is 34.7 Å². The predicted molar refractivity (Wildman–Crippen MR) is 151 cm³/mol. The minimum atomic E-state index is -0.175. The molecule has 0 saturated carbocycles. The zero-order chi connectivity index (χ0) is 25.1. The summed E-state index contributed by atoms with van der Waals surface area (Å²) in [5.41, 5.74) is 3.47. The zero-order valence-electron chi connectivity index (χ0n) is 19.7. The molecule has 1 N–H and O–H groups in total. The van der Waals surface area contributed by atoms with Gasteiger partial charge < -0.3 is 4.74 Å². The van der Waals surface area contributed by atoms with Gasteiger partial charge in [0, 0.05) is 33.5 Å². The van der Waals surface area contributed by atoms with Gasteiger partial charge in [0.1, 0.15) is 5.75 Å². The van der Waals surface area contributed by atoms with Crippen LogP contribution in [0.1, 0.15) is 12.5 Å². The normalized spacial score (nSPS) is 11.8. The summed E-state index contributed by atoms with van der Waals surface area (Å²) < 4.78 is 7.84. The molecular weight excluding hydrogens is 512 g/mol. The number of aliphatic imine (C=N–C) groups is 1. The molecule has 0 amide bonds. The molecule has 182 valence electrons. The van der Waals surface area contributed by atoms with E-state index < -0.39 is 0 Å². The Hall–Kier alpha value is -3.33. The highest BCUT2D eigenvalue weighted by atomic mass is 35.5. The number of hydrogen-bond acceptors (Lipinski definition) is 6. The monoisotopic (exact) mass is 534 g/mol. The molecule has 0 aliphatic heterocycles. The number of benzene rings is 3. The Morgan fingerprint density at radius 1 is 1.11 bits per heavy atom. The van der Waals surface area contributed by atoms with Gasteiger partial charge in [0.05, 0.1) is 28.6 Å². The fourth-order valence-corrected chi connectivity index (χ4v) is 5.61. The summed E-state index contributed by atoms with van der Waals surface area (Å²) in [4.78, 5) is 24.2. The van der Waals surface area contributed by atoms with Gasteiger partial charge in [-0.25, -0.2) is 4.98 Å². The van der Waals surface area contributed by atoms with E-state index in [4.69, 9.17) is 21.3 Å². The van der Waals surface area contributed by atoms with E-state index in [1.807, 2.05) is 79.7 Å². The molecule has 9 heteroatoms. The number of nitrogens with one attached hydrogen (secondary N) is 1. The second-order valence-corrected chi connectivity index (χ2v) is 10.6. The van der Waals surface area contributed by atoms with Gasteiger partial charge in [-0.15, -0.1) is 11.8 Å². The molecule has 0 aliphatic rings. The summed E-state index contributed by atoms with van der Waals surface area (Å²) >= 11 is 9.14. The van der Waals surface area contributed by atoms with Crippen molar-refractivity contribution in [2.24, 2.45) is 4.99 Å². The van der Waals surface area contributed by atoms with Crippen LogP contribution in [0.4, 0.5) is 0 Å². The summed E-state index contributed by atoms with van der Waals surface area (Å²) in [5.74, 6) is 1.53. The van der Waals surface area contributed by atoms with E-state index >= 15 is 0 Å². The zero-order valence-corrected chi connectivity index (χ0v) is 22.1. The van der Waals surface area contributed by atoms with Crippen molar-refractivity contribution in [1.29, 1.82) is 0 Å². The van der Waals surface area contributed by atoms with E-state index in [2.05, 4.69) is 10.1 Å². The van der Waals surface area contributed by atoms with Crippen molar-refractivity contribution in [2.75, 3.05) is 19.4 Å². The molecule has 2 aromatic heterocycles. The number of thiazole rings is 1. The second kappa shape index (κ2) is 10.7. The van der Waals surface area contributed by atoms with E-state index in [-0.39, 0.29) is 5.56 Å². The predicted octanol–water partition coefficient (Wildman–Crippen LogP) is 6.71. The highest BCUT2D eigenvalue weighted by Gasteiger charge is 2.21. The lowest BCUT2D eigenvalue weighted by molar-refractivity contribution is 0.415. The van der Waals surface area contributed by atoms with E-state index in [0.717, 1.165) is 37.2 Å². The minimum absolute atomic E-state index is 0.175. The number of H-pyrrole nitrogens is 1. The molecule has 0 unspecified atom stereocenters. The van der Waals surface area contributed by atoms with E-state index in [1.165, 1.54) is 16.0 Å². The quantitative estimate of drug-likeness (QED) is 0.136. The average molecular weight is 535 g/mol. The van der Waals surface area contributed by atoms with Crippen LogP contribution in [0.15, 0.2) is 87.5 Å². The molecular formula is C27H23ClN4O2S2. The molecule has 0 atom stereocenters. The fourth-order valence-electron chi connectivity index (χ4n) is 3.82. The molecule has 0 spiro atoms. The van der Waals surface area contributed by atoms with E-state index in [1.54, 1.807) is 18.9 Å². The Bertz CT molecular complexity index is 1550. The smallest absolute Gasteiger partial charge is 0.283 e. The third-order valence-corrected chi connectivity index (χ3v) is 7.89. The maximum atomic E-state index is 13.7. The standard InChI is InChI=1S/C27H23ClN4O2S2/c1-17(29-15-16-35-21-13-9-19(28)10-14-21)24-25(18-7-11-20(34-2)12-8-18)31-32(26(24)33)27-30-22-5-3-4-6-23(22)36-27/h3-14,31H,15-16H2,1-2H3. The number of rotatable bonds is 8. The molecule has 0 fully saturated rings. The number of aromatic nitrogens is 3. The van der Waals surface area contributed by atoms with Gasteiger partial charge in [-0.05, 0) is 67.6 Å². The van der Waals surface area contributed by atoms with Gasteiger partial charge in [-0.3, -0.25) is 14.9 Å². The molecule has 6 nitrogen and oxygen atoms in total. The summed E-state index contributed by atoms with van der Waals surface area (Å²) in [6, 6.07) is 23.2. The van der Waals surface area contributed by atoms with Gasteiger partial charge in [-0.1, -0.05) is 35.1 Å². The average Bonchev–Trinajstić information content (AvgIpc) is 3.48. The van der Waals surface area contributed by atoms with Crippen LogP contribution < -0.4 is 10.3 Å². The number of thioether (sulfide) groups is 1. The van der Waals surface area contributed by atoms with Gasteiger partial charge in [0.15, 0.2) is 0 Å². The van der Waals surface area contributed by atoms with E-state index in [9.17, 15) is 4.79 Å². The number of halogens is 1. The maximum Gasteiger partial charge on any atom is 0.283 e. The van der Waals surface area contributed by atoms with Crippen LogP contribution in [0.5, 0.6) is 5.75 Å². The maximum absolute atomic E-state index is 13.7. The molecule has 0 radical (unpaired) electrons. The number of hydrogen-bond donors (Lipinski definition) is 1. The Balaban J connectivity index is 1.49. The van der Waals surface area contributed by atoms with Gasteiger partial charge >= 0.3 is 0 Å². The molecule has 3 aromatic carbocycles. The second-order valence-electron chi connectivity index (χ2n) is 7.96.